The Morgan fingerprint density at radius 1 is 1.26 bits per heavy atom. The van der Waals surface area contributed by atoms with Crippen LogP contribution in [-0.4, -0.2) is 49.7 Å². The van der Waals surface area contributed by atoms with Gasteiger partial charge < -0.3 is 15.0 Å². The number of hydrogen-bond acceptors (Lipinski definition) is 2. The summed E-state index contributed by atoms with van der Waals surface area (Å²) in [5.41, 5.74) is 1.44. The van der Waals surface area contributed by atoms with Crippen LogP contribution in [0.4, 0.5) is 0 Å². The van der Waals surface area contributed by atoms with Crippen molar-refractivity contribution in [1.82, 2.24) is 10.2 Å². The van der Waals surface area contributed by atoms with Gasteiger partial charge in [-0.05, 0) is 31.7 Å². The molecule has 1 aliphatic heterocycles. The second kappa shape index (κ2) is 8.87. The third kappa shape index (κ3) is 4.83. The van der Waals surface area contributed by atoms with Gasteiger partial charge in [0.2, 0.25) is 0 Å². The highest BCUT2D eigenvalue weighted by Crippen LogP contribution is 2.40. The Hall–Kier alpha value is -0.820. The van der Waals surface area contributed by atoms with Crippen molar-refractivity contribution in [3.63, 3.8) is 0 Å². The highest BCUT2D eigenvalue weighted by atomic mass is 127. The van der Waals surface area contributed by atoms with E-state index in [4.69, 9.17) is 4.74 Å². The van der Waals surface area contributed by atoms with Crippen molar-refractivity contribution in [3.8, 4) is 0 Å². The van der Waals surface area contributed by atoms with Crippen molar-refractivity contribution < 1.29 is 4.74 Å². The molecule has 1 saturated carbocycles. The number of aliphatic imine (C=N–C) groups is 1. The summed E-state index contributed by atoms with van der Waals surface area (Å²) in [6.45, 7) is 4.96. The molecule has 1 aliphatic carbocycles. The van der Waals surface area contributed by atoms with Crippen LogP contribution < -0.4 is 5.32 Å². The maximum Gasteiger partial charge on any atom is 0.193 e. The van der Waals surface area contributed by atoms with Crippen LogP contribution in [0.1, 0.15) is 37.7 Å². The summed E-state index contributed by atoms with van der Waals surface area (Å²) < 4.78 is 5.73. The van der Waals surface area contributed by atoms with Gasteiger partial charge in [-0.2, -0.15) is 0 Å². The normalized spacial score (nSPS) is 25.0. The minimum atomic E-state index is 0. The van der Waals surface area contributed by atoms with Gasteiger partial charge in [-0.3, -0.25) is 4.99 Å². The molecule has 5 heteroatoms. The smallest absolute Gasteiger partial charge is 0.193 e. The molecule has 2 aliphatic rings. The van der Waals surface area contributed by atoms with Crippen LogP contribution in [0.3, 0.4) is 0 Å². The third-order valence-electron chi connectivity index (χ3n) is 4.69. The molecule has 4 nitrogen and oxygen atoms in total. The number of likely N-dealkylation sites (tertiary alicyclic amines) is 1. The highest BCUT2D eigenvalue weighted by Gasteiger charge is 2.39. The average molecular weight is 429 g/mol. The summed E-state index contributed by atoms with van der Waals surface area (Å²) in [5.74, 6) is 1.69. The zero-order valence-electron chi connectivity index (χ0n) is 14.1. The molecule has 1 saturated heterocycles. The quantitative estimate of drug-likeness (QED) is 0.454. The molecule has 1 aromatic carbocycles. The van der Waals surface area contributed by atoms with Crippen molar-refractivity contribution in [1.29, 1.82) is 0 Å². The highest BCUT2D eigenvalue weighted by molar-refractivity contribution is 14.0. The van der Waals surface area contributed by atoms with Gasteiger partial charge in [0, 0.05) is 38.7 Å². The average Bonchev–Trinajstić information content (AvgIpc) is 3.34. The predicted octanol–water partition coefficient (Wildman–Crippen LogP) is 3.24. The summed E-state index contributed by atoms with van der Waals surface area (Å²) >= 11 is 0. The monoisotopic (exact) mass is 429 g/mol. The van der Waals surface area contributed by atoms with Gasteiger partial charge in [-0.25, -0.2) is 0 Å². The summed E-state index contributed by atoms with van der Waals surface area (Å²) in [4.78, 5) is 6.85. The molecule has 0 bridgehead atoms. The molecule has 2 fully saturated rings. The standard InChI is InChI=1S/C18H27N3O.HI/c1-3-22-15-9-11-21(12-10-15)18(19-2)20-17-13-16(17)14-7-5-4-6-8-14;/h4-8,15-17H,3,9-13H2,1-2H3,(H,19,20);1H. The first-order chi connectivity index (χ1) is 10.8. The molecule has 0 amide bonds. The summed E-state index contributed by atoms with van der Waals surface area (Å²) in [6, 6.07) is 11.3. The zero-order valence-corrected chi connectivity index (χ0v) is 16.4. The minimum absolute atomic E-state index is 0. The first-order valence-corrected chi connectivity index (χ1v) is 8.46. The lowest BCUT2D eigenvalue weighted by molar-refractivity contribution is 0.0263. The molecular weight excluding hydrogens is 401 g/mol. The lowest BCUT2D eigenvalue weighted by atomic mass is 10.1. The number of nitrogens with one attached hydrogen (secondary N) is 1. The number of hydrogen-bond donors (Lipinski definition) is 1. The second-order valence-corrected chi connectivity index (χ2v) is 6.19. The van der Waals surface area contributed by atoms with Crippen LogP contribution in [0, 0.1) is 0 Å². The van der Waals surface area contributed by atoms with Crippen LogP contribution in [0.2, 0.25) is 0 Å². The third-order valence-corrected chi connectivity index (χ3v) is 4.69. The van der Waals surface area contributed by atoms with E-state index in [9.17, 15) is 0 Å². The zero-order chi connectivity index (χ0) is 15.4. The van der Waals surface area contributed by atoms with Crippen LogP contribution in [-0.2, 0) is 4.74 Å². The van der Waals surface area contributed by atoms with Gasteiger partial charge in [-0.1, -0.05) is 30.3 Å². The Balaban J connectivity index is 0.00000192. The SMILES string of the molecule is CCOC1CCN(C(=NC)NC2CC2c2ccccc2)CC1.I. The van der Waals surface area contributed by atoms with E-state index in [2.05, 4.69) is 52.5 Å². The van der Waals surface area contributed by atoms with Crippen molar-refractivity contribution in [2.75, 3.05) is 26.7 Å². The van der Waals surface area contributed by atoms with Gasteiger partial charge in [-0.15, -0.1) is 24.0 Å². The number of halogens is 1. The lowest BCUT2D eigenvalue weighted by Crippen LogP contribution is -2.47. The van der Waals surface area contributed by atoms with E-state index >= 15 is 0 Å². The number of rotatable bonds is 4. The fraction of sp³-hybridized carbons (Fsp3) is 0.611. The molecule has 3 rings (SSSR count). The van der Waals surface area contributed by atoms with Gasteiger partial charge in [0.15, 0.2) is 5.96 Å². The Morgan fingerprint density at radius 3 is 2.57 bits per heavy atom. The summed E-state index contributed by atoms with van der Waals surface area (Å²) in [7, 11) is 1.89. The van der Waals surface area contributed by atoms with Gasteiger partial charge in [0.1, 0.15) is 0 Å². The predicted molar refractivity (Wildman–Crippen MR) is 106 cm³/mol. The summed E-state index contributed by atoms with van der Waals surface area (Å²) in [6.07, 6.45) is 3.83. The van der Waals surface area contributed by atoms with Gasteiger partial charge >= 0.3 is 0 Å². The fourth-order valence-electron chi connectivity index (χ4n) is 3.36. The molecule has 2 atom stereocenters. The van der Waals surface area contributed by atoms with Crippen molar-refractivity contribution >= 4 is 29.9 Å². The van der Waals surface area contributed by atoms with Crippen LogP contribution in [0.5, 0.6) is 0 Å². The molecule has 128 valence electrons. The van der Waals surface area contributed by atoms with Crippen LogP contribution in [0.15, 0.2) is 35.3 Å². The molecule has 23 heavy (non-hydrogen) atoms. The van der Waals surface area contributed by atoms with Gasteiger partial charge in [0.25, 0.3) is 0 Å². The molecule has 0 radical (unpaired) electrons. The Labute approximate surface area is 156 Å². The Bertz CT molecular complexity index is 500. The number of ether oxygens (including phenoxy) is 1. The van der Waals surface area contributed by atoms with Crippen LogP contribution in [0.25, 0.3) is 0 Å². The van der Waals surface area contributed by atoms with Crippen molar-refractivity contribution in [2.45, 2.75) is 44.2 Å². The summed E-state index contributed by atoms with van der Waals surface area (Å²) in [5, 5.41) is 3.64. The molecular formula is C18H28IN3O. The van der Waals surface area contributed by atoms with E-state index in [-0.39, 0.29) is 24.0 Å². The number of nitrogens with zero attached hydrogens (tertiary/aromatic N) is 2. The molecule has 1 N–H and O–H groups in total. The topological polar surface area (TPSA) is 36.9 Å². The van der Waals surface area contributed by atoms with E-state index in [0.29, 0.717) is 18.1 Å². The van der Waals surface area contributed by atoms with Crippen LogP contribution >= 0.6 is 24.0 Å². The van der Waals surface area contributed by atoms with Crippen molar-refractivity contribution in [3.05, 3.63) is 35.9 Å². The van der Waals surface area contributed by atoms with E-state index in [1.807, 2.05) is 7.05 Å². The maximum atomic E-state index is 5.73. The minimum Gasteiger partial charge on any atom is -0.378 e. The van der Waals surface area contributed by atoms with E-state index in [1.54, 1.807) is 0 Å². The largest absolute Gasteiger partial charge is 0.378 e. The molecule has 0 aromatic heterocycles. The number of piperidine rings is 1. The van der Waals surface area contributed by atoms with E-state index < -0.39 is 0 Å². The molecule has 2 unspecified atom stereocenters. The molecule has 1 aromatic rings. The van der Waals surface area contributed by atoms with Gasteiger partial charge in [0.05, 0.1) is 6.10 Å². The fourth-order valence-corrected chi connectivity index (χ4v) is 3.36. The Kier molecular flexibility index (Phi) is 7.14. The van der Waals surface area contributed by atoms with E-state index in [1.165, 1.54) is 12.0 Å². The molecule has 0 spiro atoms. The number of benzene rings is 1. The Morgan fingerprint density at radius 2 is 1.96 bits per heavy atom. The lowest BCUT2D eigenvalue weighted by Gasteiger charge is -2.34. The first-order valence-electron chi connectivity index (χ1n) is 8.46. The van der Waals surface area contributed by atoms with E-state index in [0.717, 1.165) is 38.5 Å². The number of guanidine groups is 1. The first kappa shape index (κ1) is 18.5. The molecule has 1 heterocycles. The van der Waals surface area contributed by atoms with Crippen molar-refractivity contribution in [2.24, 2.45) is 4.99 Å². The second-order valence-electron chi connectivity index (χ2n) is 6.19. The maximum absolute atomic E-state index is 5.73.